The highest BCUT2D eigenvalue weighted by molar-refractivity contribution is 6.31. The summed E-state index contributed by atoms with van der Waals surface area (Å²) in [5.74, 6) is -1.47. The molecule has 0 aliphatic rings. The van der Waals surface area contributed by atoms with E-state index >= 15 is 0 Å². The SMILES string of the molecule is O=C(O)C(c1cc(-n2nnc3ccccc32)ccc1Cl)n1ccc(C(F)(F)F)cc1=O. The van der Waals surface area contributed by atoms with E-state index < -0.39 is 29.3 Å². The van der Waals surface area contributed by atoms with Gasteiger partial charge in [-0.15, -0.1) is 5.10 Å². The van der Waals surface area contributed by atoms with Gasteiger partial charge in [0.05, 0.1) is 16.8 Å². The van der Waals surface area contributed by atoms with Gasteiger partial charge in [-0.1, -0.05) is 28.9 Å². The smallest absolute Gasteiger partial charge is 0.416 e. The number of fused-ring (bicyclic) bond motifs is 1. The number of carbonyl (C=O) groups is 1. The minimum Gasteiger partial charge on any atom is -0.479 e. The van der Waals surface area contributed by atoms with Gasteiger partial charge in [-0.05, 0) is 36.4 Å². The van der Waals surface area contributed by atoms with Gasteiger partial charge in [-0.2, -0.15) is 13.2 Å². The highest BCUT2D eigenvalue weighted by Gasteiger charge is 2.32. The highest BCUT2D eigenvalue weighted by Crippen LogP contribution is 2.31. The lowest BCUT2D eigenvalue weighted by Crippen LogP contribution is -2.31. The van der Waals surface area contributed by atoms with Crippen LogP contribution in [0.1, 0.15) is 17.2 Å². The highest BCUT2D eigenvalue weighted by atomic mass is 35.5. The first-order valence-electron chi connectivity index (χ1n) is 8.79. The molecule has 1 unspecified atom stereocenters. The Kier molecular flexibility index (Phi) is 5.02. The van der Waals surface area contributed by atoms with Crippen LogP contribution in [0.4, 0.5) is 13.2 Å². The van der Waals surface area contributed by atoms with E-state index in [0.29, 0.717) is 33.4 Å². The number of pyridine rings is 1. The Hall–Kier alpha value is -3.66. The van der Waals surface area contributed by atoms with Crippen molar-refractivity contribution in [3.05, 3.63) is 87.3 Å². The fourth-order valence-electron chi connectivity index (χ4n) is 3.21. The summed E-state index contributed by atoms with van der Waals surface area (Å²) < 4.78 is 40.8. The third kappa shape index (κ3) is 3.77. The van der Waals surface area contributed by atoms with Gasteiger partial charge in [0.1, 0.15) is 5.52 Å². The van der Waals surface area contributed by atoms with Crippen molar-refractivity contribution in [2.45, 2.75) is 12.2 Å². The molecule has 31 heavy (non-hydrogen) atoms. The lowest BCUT2D eigenvalue weighted by Gasteiger charge is -2.19. The molecule has 0 saturated heterocycles. The first-order chi connectivity index (χ1) is 14.7. The molecule has 0 saturated carbocycles. The number of alkyl halides is 3. The Morgan fingerprint density at radius 3 is 2.52 bits per heavy atom. The summed E-state index contributed by atoms with van der Waals surface area (Å²) in [4.78, 5) is 24.4. The van der Waals surface area contributed by atoms with Gasteiger partial charge >= 0.3 is 12.1 Å². The molecule has 7 nitrogen and oxygen atoms in total. The van der Waals surface area contributed by atoms with Gasteiger partial charge in [0.2, 0.25) is 0 Å². The summed E-state index contributed by atoms with van der Waals surface area (Å²) in [7, 11) is 0. The molecule has 0 aliphatic heterocycles. The van der Waals surface area contributed by atoms with Crippen molar-refractivity contribution in [3.8, 4) is 5.69 Å². The molecule has 0 bridgehead atoms. The van der Waals surface area contributed by atoms with Crippen molar-refractivity contribution in [2.24, 2.45) is 0 Å². The minimum atomic E-state index is -4.73. The number of hydrogen-bond acceptors (Lipinski definition) is 4. The number of para-hydroxylation sites is 1. The maximum atomic E-state index is 12.9. The number of benzene rings is 2. The second kappa shape index (κ2) is 7.55. The average Bonchev–Trinajstić information content (AvgIpc) is 3.14. The molecule has 4 aromatic rings. The van der Waals surface area contributed by atoms with Crippen LogP contribution < -0.4 is 5.56 Å². The lowest BCUT2D eigenvalue weighted by molar-refractivity contribution is -0.139. The normalized spacial score (nSPS) is 12.8. The molecule has 1 atom stereocenters. The van der Waals surface area contributed by atoms with Gasteiger partial charge in [0.15, 0.2) is 6.04 Å². The summed E-state index contributed by atoms with van der Waals surface area (Å²) in [5.41, 5.74) is -0.628. The number of aromatic nitrogens is 4. The van der Waals surface area contributed by atoms with Crippen LogP contribution in [0.5, 0.6) is 0 Å². The van der Waals surface area contributed by atoms with E-state index in [1.807, 2.05) is 0 Å². The van der Waals surface area contributed by atoms with Crippen LogP contribution in [0.3, 0.4) is 0 Å². The summed E-state index contributed by atoms with van der Waals surface area (Å²) in [6.45, 7) is 0. The summed E-state index contributed by atoms with van der Waals surface area (Å²) in [5, 5.41) is 17.9. The molecule has 0 fully saturated rings. The van der Waals surface area contributed by atoms with Gasteiger partial charge < -0.3 is 5.11 Å². The van der Waals surface area contributed by atoms with Crippen molar-refractivity contribution in [3.63, 3.8) is 0 Å². The van der Waals surface area contributed by atoms with Gasteiger partial charge in [-0.3, -0.25) is 9.36 Å². The van der Waals surface area contributed by atoms with Crippen molar-refractivity contribution >= 4 is 28.6 Å². The van der Waals surface area contributed by atoms with Crippen molar-refractivity contribution in [1.82, 2.24) is 19.6 Å². The number of hydrogen-bond donors (Lipinski definition) is 1. The number of halogens is 4. The van der Waals surface area contributed by atoms with E-state index in [4.69, 9.17) is 11.6 Å². The number of nitrogens with zero attached hydrogens (tertiary/aromatic N) is 4. The predicted octanol–water partition coefficient (Wildman–Crippen LogP) is 3.93. The molecular weight excluding hydrogens is 437 g/mol. The predicted molar refractivity (Wildman–Crippen MR) is 105 cm³/mol. The fourth-order valence-corrected chi connectivity index (χ4v) is 3.43. The molecule has 2 aromatic heterocycles. The zero-order valence-electron chi connectivity index (χ0n) is 15.4. The number of carboxylic acid groups (broad SMARTS) is 1. The summed E-state index contributed by atoms with van der Waals surface area (Å²) >= 11 is 6.22. The van der Waals surface area contributed by atoms with E-state index in [2.05, 4.69) is 10.3 Å². The Morgan fingerprint density at radius 1 is 1.10 bits per heavy atom. The maximum Gasteiger partial charge on any atom is 0.416 e. The molecule has 1 N–H and O–H groups in total. The first kappa shape index (κ1) is 20.6. The second-order valence-electron chi connectivity index (χ2n) is 6.60. The monoisotopic (exact) mass is 448 g/mol. The topological polar surface area (TPSA) is 90.0 Å². The van der Waals surface area contributed by atoms with E-state index in [1.54, 1.807) is 30.3 Å². The van der Waals surface area contributed by atoms with Crippen LogP contribution in [-0.2, 0) is 11.0 Å². The largest absolute Gasteiger partial charge is 0.479 e. The maximum absolute atomic E-state index is 12.9. The molecule has 2 aromatic carbocycles. The second-order valence-corrected chi connectivity index (χ2v) is 7.00. The van der Waals surface area contributed by atoms with Crippen LogP contribution in [-0.4, -0.2) is 30.6 Å². The Labute approximate surface area is 176 Å². The average molecular weight is 449 g/mol. The molecule has 0 aliphatic carbocycles. The number of carboxylic acids is 1. The van der Waals surface area contributed by atoms with Crippen molar-refractivity contribution in [2.75, 3.05) is 0 Å². The quantitative estimate of drug-likeness (QED) is 0.511. The molecule has 0 amide bonds. The standard InChI is InChI=1S/C20H12ClF3N4O3/c21-14-6-5-12(28-16-4-2-1-3-15(16)25-26-28)10-13(14)18(19(30)31)27-8-7-11(9-17(27)29)20(22,23)24/h1-10,18H,(H,30,31). The van der Waals surface area contributed by atoms with Gasteiger partial charge in [0, 0.05) is 22.8 Å². The molecule has 0 radical (unpaired) electrons. The van der Waals surface area contributed by atoms with E-state index in [9.17, 15) is 27.9 Å². The van der Waals surface area contributed by atoms with Crippen molar-refractivity contribution in [1.29, 1.82) is 0 Å². The van der Waals surface area contributed by atoms with Crippen LogP contribution in [0.25, 0.3) is 16.7 Å². The third-order valence-electron chi connectivity index (χ3n) is 4.66. The van der Waals surface area contributed by atoms with Crippen LogP contribution in [0, 0.1) is 0 Å². The van der Waals surface area contributed by atoms with Crippen molar-refractivity contribution < 1.29 is 23.1 Å². The molecular formula is C20H12ClF3N4O3. The Balaban J connectivity index is 1.86. The molecule has 0 spiro atoms. The fraction of sp³-hybridized carbons (Fsp3) is 0.100. The lowest BCUT2D eigenvalue weighted by atomic mass is 10.0. The Morgan fingerprint density at radius 2 is 1.84 bits per heavy atom. The molecule has 4 rings (SSSR count). The number of rotatable bonds is 4. The zero-order chi connectivity index (χ0) is 22.3. The van der Waals surface area contributed by atoms with E-state index in [1.165, 1.54) is 16.8 Å². The van der Waals surface area contributed by atoms with Gasteiger partial charge in [0.25, 0.3) is 5.56 Å². The van der Waals surface area contributed by atoms with Crippen LogP contribution >= 0.6 is 11.6 Å². The first-order valence-corrected chi connectivity index (χ1v) is 9.17. The van der Waals surface area contributed by atoms with Crippen LogP contribution in [0.15, 0.2) is 65.6 Å². The van der Waals surface area contributed by atoms with E-state index in [0.717, 1.165) is 6.20 Å². The van der Waals surface area contributed by atoms with Crippen LogP contribution in [0.2, 0.25) is 5.02 Å². The summed E-state index contributed by atoms with van der Waals surface area (Å²) in [6.07, 6.45) is -3.94. The molecule has 11 heteroatoms. The Bertz CT molecular complexity index is 1360. The third-order valence-corrected chi connectivity index (χ3v) is 5.00. The molecule has 2 heterocycles. The number of aliphatic carboxylic acids is 1. The van der Waals surface area contributed by atoms with E-state index in [-0.39, 0.29) is 10.6 Å². The summed E-state index contributed by atoms with van der Waals surface area (Å²) in [6, 6.07) is 10.8. The van der Waals surface area contributed by atoms with Gasteiger partial charge in [-0.25, -0.2) is 9.48 Å². The minimum absolute atomic E-state index is 0.00751. The molecule has 158 valence electrons. The zero-order valence-corrected chi connectivity index (χ0v) is 16.2.